The number of nitrogens with one attached hydrogen (secondary N) is 1. The average Bonchev–Trinajstić information content (AvgIpc) is 2.44. The summed E-state index contributed by atoms with van der Waals surface area (Å²) in [6.45, 7) is 9.55. The Morgan fingerprint density at radius 2 is 1.62 bits per heavy atom. The molecule has 1 fully saturated rings. The second-order valence-corrected chi connectivity index (χ2v) is 8.65. The van der Waals surface area contributed by atoms with E-state index in [1.165, 1.54) is 6.42 Å². The van der Waals surface area contributed by atoms with Gasteiger partial charge in [-0.15, -0.1) is 0 Å². The Bertz CT molecular complexity index is 372. The van der Waals surface area contributed by atoms with Crippen LogP contribution in [0.1, 0.15) is 79.6 Å². The number of hydrogen-bond acceptors (Lipinski definition) is 4. The Hall–Kier alpha value is -0.810. The van der Waals surface area contributed by atoms with Crippen LogP contribution in [0.3, 0.4) is 0 Å². The van der Waals surface area contributed by atoms with E-state index in [4.69, 9.17) is 4.74 Å². The number of alkyl carbamates (subject to hydrolysis) is 1. The van der Waals surface area contributed by atoms with Gasteiger partial charge in [0, 0.05) is 6.04 Å². The number of ether oxygens (including phenoxy) is 1. The third kappa shape index (κ3) is 8.34. The van der Waals surface area contributed by atoms with E-state index in [0.717, 1.165) is 25.7 Å². The first-order valence-electron chi connectivity index (χ1n) is 9.44. The summed E-state index contributed by atoms with van der Waals surface area (Å²) in [4.78, 5) is 12.2. The van der Waals surface area contributed by atoms with E-state index in [2.05, 4.69) is 5.32 Å². The fourth-order valence-corrected chi connectivity index (χ4v) is 3.42. The molecule has 0 aromatic heterocycles. The molecule has 142 valence electrons. The van der Waals surface area contributed by atoms with Crippen molar-refractivity contribution in [1.82, 2.24) is 5.32 Å². The molecule has 1 saturated carbocycles. The largest absolute Gasteiger partial charge is 0.444 e. The second-order valence-electron chi connectivity index (χ2n) is 8.65. The highest BCUT2D eigenvalue weighted by molar-refractivity contribution is 5.68. The summed E-state index contributed by atoms with van der Waals surface area (Å²) in [5.41, 5.74) is -0.545. The van der Waals surface area contributed by atoms with Gasteiger partial charge in [0.15, 0.2) is 0 Å². The lowest BCUT2D eigenvalue weighted by molar-refractivity contribution is -0.00936. The average molecular weight is 344 g/mol. The number of hydrogen-bond donors (Lipinski definition) is 3. The van der Waals surface area contributed by atoms with Crippen LogP contribution in [-0.4, -0.2) is 40.2 Å². The summed E-state index contributed by atoms with van der Waals surface area (Å²) in [6.07, 6.45) is 4.55. The van der Waals surface area contributed by atoms with Crippen molar-refractivity contribution < 1.29 is 19.7 Å². The normalized spacial score (nSPS) is 20.5. The first kappa shape index (κ1) is 21.2. The zero-order valence-corrected chi connectivity index (χ0v) is 16.0. The van der Waals surface area contributed by atoms with Gasteiger partial charge in [-0.25, -0.2) is 4.79 Å². The highest BCUT2D eigenvalue weighted by Crippen LogP contribution is 2.29. The minimum absolute atomic E-state index is 0.156. The van der Waals surface area contributed by atoms with Crippen LogP contribution in [0.4, 0.5) is 4.79 Å². The van der Waals surface area contributed by atoms with Crippen molar-refractivity contribution in [1.29, 1.82) is 0 Å². The molecule has 1 aliphatic carbocycles. The number of rotatable bonds is 7. The molecule has 0 aliphatic heterocycles. The molecule has 1 unspecified atom stereocenters. The van der Waals surface area contributed by atoms with Crippen molar-refractivity contribution in [2.24, 2.45) is 11.8 Å². The highest BCUT2D eigenvalue weighted by atomic mass is 16.6. The minimum Gasteiger partial charge on any atom is -0.444 e. The molecule has 3 N–H and O–H groups in total. The van der Waals surface area contributed by atoms with E-state index in [0.29, 0.717) is 24.7 Å². The van der Waals surface area contributed by atoms with Crippen molar-refractivity contribution >= 4 is 6.09 Å². The summed E-state index contributed by atoms with van der Waals surface area (Å²) < 4.78 is 5.37. The molecule has 1 aliphatic rings. The molecule has 5 heteroatoms. The molecule has 0 spiro atoms. The maximum Gasteiger partial charge on any atom is 0.407 e. The van der Waals surface area contributed by atoms with Crippen LogP contribution in [0.15, 0.2) is 0 Å². The van der Waals surface area contributed by atoms with Gasteiger partial charge in [-0.3, -0.25) is 0 Å². The Labute approximate surface area is 147 Å². The predicted octanol–water partition coefficient (Wildman–Crippen LogP) is 3.62. The zero-order chi connectivity index (χ0) is 18.3. The minimum atomic E-state index is -0.825. The molecule has 0 aromatic carbocycles. The van der Waals surface area contributed by atoms with E-state index in [1.54, 1.807) is 0 Å². The van der Waals surface area contributed by atoms with Crippen molar-refractivity contribution in [3.05, 3.63) is 0 Å². The SMILES string of the molecule is CC(C)C[C@H](O)[C@H](O)CC(NC(=O)OC(C)(C)C)C1CCCCC1. The second kappa shape index (κ2) is 9.62. The molecule has 24 heavy (non-hydrogen) atoms. The maximum atomic E-state index is 12.2. The number of carbonyl (C=O) groups excluding carboxylic acids is 1. The van der Waals surface area contributed by atoms with Crippen LogP contribution in [0, 0.1) is 11.8 Å². The number of aliphatic hydroxyl groups excluding tert-OH is 2. The van der Waals surface area contributed by atoms with Gasteiger partial charge >= 0.3 is 6.09 Å². The van der Waals surface area contributed by atoms with Gasteiger partial charge in [-0.1, -0.05) is 33.1 Å². The number of carbonyl (C=O) groups is 1. The molecule has 0 aromatic rings. The van der Waals surface area contributed by atoms with Gasteiger partial charge in [0.1, 0.15) is 5.60 Å². The summed E-state index contributed by atoms with van der Waals surface area (Å²) >= 11 is 0. The fraction of sp³-hybridized carbons (Fsp3) is 0.947. The van der Waals surface area contributed by atoms with E-state index in [1.807, 2.05) is 34.6 Å². The lowest BCUT2D eigenvalue weighted by Gasteiger charge is -2.34. The summed E-state index contributed by atoms with van der Waals surface area (Å²) in [7, 11) is 0. The Kier molecular flexibility index (Phi) is 8.51. The molecular weight excluding hydrogens is 306 g/mol. The van der Waals surface area contributed by atoms with Crippen LogP contribution in [0.25, 0.3) is 0 Å². The molecule has 1 rings (SSSR count). The summed E-state index contributed by atoms with van der Waals surface area (Å²) in [6, 6.07) is -0.156. The molecular formula is C19H37NO4. The van der Waals surface area contributed by atoms with Crippen molar-refractivity contribution in [2.75, 3.05) is 0 Å². The third-order valence-electron chi connectivity index (χ3n) is 4.57. The molecule has 3 atom stereocenters. The molecule has 0 saturated heterocycles. The molecule has 0 radical (unpaired) electrons. The van der Waals surface area contributed by atoms with Crippen LogP contribution >= 0.6 is 0 Å². The van der Waals surface area contributed by atoms with Crippen LogP contribution < -0.4 is 5.32 Å². The van der Waals surface area contributed by atoms with Gasteiger partial charge in [0.25, 0.3) is 0 Å². The van der Waals surface area contributed by atoms with Gasteiger partial charge in [0.05, 0.1) is 12.2 Å². The first-order valence-corrected chi connectivity index (χ1v) is 9.44. The zero-order valence-electron chi connectivity index (χ0n) is 16.0. The lowest BCUT2D eigenvalue weighted by Crippen LogP contribution is -2.46. The lowest BCUT2D eigenvalue weighted by atomic mass is 9.81. The first-order chi connectivity index (χ1) is 11.1. The van der Waals surface area contributed by atoms with Crippen molar-refractivity contribution in [2.45, 2.75) is 103 Å². The van der Waals surface area contributed by atoms with Gasteiger partial charge in [-0.05, 0) is 58.3 Å². The topological polar surface area (TPSA) is 78.8 Å². The van der Waals surface area contributed by atoms with E-state index >= 15 is 0 Å². The maximum absolute atomic E-state index is 12.2. The summed E-state index contributed by atoms with van der Waals surface area (Å²) in [5.74, 6) is 0.661. The van der Waals surface area contributed by atoms with Gasteiger partial charge in [0.2, 0.25) is 0 Å². The van der Waals surface area contributed by atoms with Crippen LogP contribution in [0.2, 0.25) is 0 Å². The fourth-order valence-electron chi connectivity index (χ4n) is 3.42. The van der Waals surface area contributed by atoms with Crippen LogP contribution in [-0.2, 0) is 4.74 Å². The highest BCUT2D eigenvalue weighted by Gasteiger charge is 2.31. The van der Waals surface area contributed by atoms with Gasteiger partial charge in [-0.2, -0.15) is 0 Å². The van der Waals surface area contributed by atoms with E-state index in [9.17, 15) is 15.0 Å². The summed E-state index contributed by atoms with van der Waals surface area (Å²) in [5, 5.41) is 23.5. The predicted molar refractivity (Wildman–Crippen MR) is 95.8 cm³/mol. The van der Waals surface area contributed by atoms with Gasteiger partial charge < -0.3 is 20.3 Å². The number of amides is 1. The van der Waals surface area contributed by atoms with Crippen molar-refractivity contribution in [3.63, 3.8) is 0 Å². The Morgan fingerprint density at radius 1 is 1.08 bits per heavy atom. The standard InChI is InChI=1S/C19H37NO4/c1-13(2)11-16(21)17(22)12-15(14-9-7-6-8-10-14)20-18(23)24-19(3,4)5/h13-17,21-22H,6-12H2,1-5H3,(H,20,23)/t15?,16-,17+/m0/s1. The van der Waals surface area contributed by atoms with Crippen LogP contribution in [0.5, 0.6) is 0 Å². The monoisotopic (exact) mass is 343 g/mol. The molecule has 1 amide bonds. The Balaban J connectivity index is 2.68. The molecule has 5 nitrogen and oxygen atoms in total. The smallest absolute Gasteiger partial charge is 0.407 e. The molecule has 0 bridgehead atoms. The third-order valence-corrected chi connectivity index (χ3v) is 4.57. The van der Waals surface area contributed by atoms with E-state index < -0.39 is 23.9 Å². The van der Waals surface area contributed by atoms with Crippen molar-refractivity contribution in [3.8, 4) is 0 Å². The quantitative estimate of drug-likeness (QED) is 0.660. The Morgan fingerprint density at radius 3 is 2.12 bits per heavy atom. The van der Waals surface area contributed by atoms with E-state index in [-0.39, 0.29) is 6.04 Å². The molecule has 0 heterocycles. The number of aliphatic hydroxyl groups is 2.